The molecule has 0 aliphatic carbocycles. The van der Waals surface area contributed by atoms with Crippen LogP contribution in [-0.2, 0) is 26.1 Å². The molecule has 0 spiro atoms. The highest BCUT2D eigenvalue weighted by molar-refractivity contribution is 14.1. The van der Waals surface area contributed by atoms with Crippen LogP contribution in [0.5, 0.6) is 0 Å². The van der Waals surface area contributed by atoms with Gasteiger partial charge in [-0.3, -0.25) is 4.79 Å². The van der Waals surface area contributed by atoms with E-state index < -0.39 is 28.5 Å². The Kier molecular flexibility index (Phi) is 7.77. The largest absolute Gasteiger partial charge is 0.452 e. The van der Waals surface area contributed by atoms with E-state index in [1.165, 1.54) is 24.3 Å². The van der Waals surface area contributed by atoms with E-state index in [4.69, 9.17) is 4.74 Å². The molecular weight excluding hydrogens is 531 g/mol. The number of ether oxygens (including phenoxy) is 1. The second-order valence-electron chi connectivity index (χ2n) is 6.47. The highest BCUT2D eigenvalue weighted by Gasteiger charge is 2.17. The Hall–Kier alpha value is -2.76. The Morgan fingerprint density at radius 2 is 1.61 bits per heavy atom. The van der Waals surface area contributed by atoms with E-state index in [0.29, 0.717) is 5.69 Å². The van der Waals surface area contributed by atoms with Gasteiger partial charge in [0.15, 0.2) is 6.61 Å². The molecule has 0 heterocycles. The third-order valence-electron chi connectivity index (χ3n) is 4.15. The highest BCUT2D eigenvalue weighted by Crippen LogP contribution is 2.14. The maximum atomic E-state index is 12.5. The molecule has 0 atom stereocenters. The molecule has 0 aromatic heterocycles. The van der Waals surface area contributed by atoms with Crippen molar-refractivity contribution < 1.29 is 22.7 Å². The number of hydrogen-bond donors (Lipinski definition) is 2. The van der Waals surface area contributed by atoms with Crippen LogP contribution in [0.4, 0.5) is 5.69 Å². The Morgan fingerprint density at radius 3 is 2.32 bits per heavy atom. The smallest absolute Gasteiger partial charge is 0.338 e. The predicted octanol–water partition coefficient (Wildman–Crippen LogP) is 3.57. The fourth-order valence-electron chi connectivity index (χ4n) is 2.59. The Bertz CT molecular complexity index is 1170. The van der Waals surface area contributed by atoms with Crippen molar-refractivity contribution in [2.75, 3.05) is 11.9 Å². The number of anilines is 1. The van der Waals surface area contributed by atoms with Crippen LogP contribution < -0.4 is 10.0 Å². The average Bonchev–Trinajstić information content (AvgIpc) is 2.78. The number of halogens is 1. The van der Waals surface area contributed by atoms with Crippen molar-refractivity contribution in [3.8, 4) is 0 Å². The summed E-state index contributed by atoms with van der Waals surface area (Å²) in [6.07, 6.45) is 0. The number of carbonyl (C=O) groups excluding carboxylic acids is 2. The first kappa shape index (κ1) is 22.9. The van der Waals surface area contributed by atoms with Gasteiger partial charge in [0.25, 0.3) is 5.91 Å². The molecule has 3 aromatic rings. The molecule has 7 nitrogen and oxygen atoms in total. The third-order valence-corrected chi connectivity index (χ3v) is 6.27. The lowest BCUT2D eigenvalue weighted by atomic mass is 10.2. The van der Waals surface area contributed by atoms with Crippen LogP contribution in [0.25, 0.3) is 0 Å². The molecule has 0 bridgehead atoms. The molecule has 9 heteroatoms. The van der Waals surface area contributed by atoms with E-state index in [0.717, 1.165) is 9.13 Å². The summed E-state index contributed by atoms with van der Waals surface area (Å²) in [5.74, 6) is -1.29. The standard InChI is InChI=1S/C22H19IN2O5S/c23-18-9-11-19(12-10-18)25-21(26)15-30-22(27)17-7-4-8-20(13-17)31(28,29)24-14-16-5-2-1-3-6-16/h1-13,24H,14-15H2,(H,25,26). The minimum atomic E-state index is -3.83. The molecule has 2 N–H and O–H groups in total. The van der Waals surface area contributed by atoms with E-state index in [1.54, 1.807) is 24.3 Å². The van der Waals surface area contributed by atoms with Crippen molar-refractivity contribution in [1.82, 2.24) is 4.72 Å². The number of carbonyl (C=O) groups is 2. The number of benzene rings is 3. The maximum Gasteiger partial charge on any atom is 0.338 e. The Labute approximate surface area is 194 Å². The van der Waals surface area contributed by atoms with Gasteiger partial charge in [-0.25, -0.2) is 17.9 Å². The van der Waals surface area contributed by atoms with Gasteiger partial charge in [-0.1, -0.05) is 36.4 Å². The average molecular weight is 550 g/mol. The molecule has 1 amide bonds. The molecule has 0 fully saturated rings. The predicted molar refractivity (Wildman–Crippen MR) is 125 cm³/mol. The van der Waals surface area contributed by atoms with Crippen LogP contribution in [0.15, 0.2) is 83.8 Å². The van der Waals surface area contributed by atoms with E-state index >= 15 is 0 Å². The monoisotopic (exact) mass is 550 g/mol. The fourth-order valence-corrected chi connectivity index (χ4v) is 4.02. The zero-order valence-corrected chi connectivity index (χ0v) is 19.2. The van der Waals surface area contributed by atoms with E-state index in [2.05, 4.69) is 32.6 Å². The zero-order chi connectivity index (χ0) is 22.3. The number of esters is 1. The third kappa shape index (κ3) is 6.88. The minimum Gasteiger partial charge on any atom is -0.452 e. The lowest BCUT2D eigenvalue weighted by molar-refractivity contribution is -0.119. The first-order valence-electron chi connectivity index (χ1n) is 9.20. The molecule has 0 unspecified atom stereocenters. The lowest BCUT2D eigenvalue weighted by Crippen LogP contribution is -2.24. The normalized spacial score (nSPS) is 11.0. The summed E-state index contributed by atoms with van der Waals surface area (Å²) in [7, 11) is -3.83. The molecule has 0 saturated carbocycles. The molecule has 31 heavy (non-hydrogen) atoms. The molecule has 3 aromatic carbocycles. The summed E-state index contributed by atoms with van der Waals surface area (Å²) in [6.45, 7) is -0.370. The van der Waals surface area contributed by atoms with Gasteiger partial charge in [-0.2, -0.15) is 0 Å². The first-order chi connectivity index (χ1) is 14.8. The summed E-state index contributed by atoms with van der Waals surface area (Å²) in [4.78, 5) is 24.2. The van der Waals surface area contributed by atoms with Crippen LogP contribution in [-0.4, -0.2) is 26.9 Å². The zero-order valence-electron chi connectivity index (χ0n) is 16.2. The number of sulfonamides is 1. The van der Waals surface area contributed by atoms with E-state index in [-0.39, 0.29) is 17.0 Å². The van der Waals surface area contributed by atoms with Gasteiger partial charge in [0.2, 0.25) is 10.0 Å². The summed E-state index contributed by atoms with van der Waals surface area (Å²) in [5, 5.41) is 2.62. The van der Waals surface area contributed by atoms with Gasteiger partial charge < -0.3 is 10.1 Å². The van der Waals surface area contributed by atoms with Crippen molar-refractivity contribution in [2.45, 2.75) is 11.4 Å². The quantitative estimate of drug-likeness (QED) is 0.330. The van der Waals surface area contributed by atoms with Gasteiger partial charge in [-0.15, -0.1) is 0 Å². The number of hydrogen-bond acceptors (Lipinski definition) is 5. The molecule has 3 rings (SSSR count). The second kappa shape index (κ2) is 10.5. The summed E-state index contributed by atoms with van der Waals surface area (Å²) in [6, 6.07) is 21.7. The summed E-state index contributed by atoms with van der Waals surface area (Å²) in [5.41, 5.74) is 1.42. The first-order valence-corrected chi connectivity index (χ1v) is 11.8. The highest BCUT2D eigenvalue weighted by atomic mass is 127. The number of nitrogens with one attached hydrogen (secondary N) is 2. The molecule has 0 aliphatic heterocycles. The van der Waals surface area contributed by atoms with Crippen molar-refractivity contribution in [2.24, 2.45) is 0 Å². The van der Waals surface area contributed by atoms with Gasteiger partial charge in [0.05, 0.1) is 10.5 Å². The van der Waals surface area contributed by atoms with Gasteiger partial charge >= 0.3 is 5.97 Å². The summed E-state index contributed by atoms with van der Waals surface area (Å²) < 4.78 is 33.6. The maximum absolute atomic E-state index is 12.5. The SMILES string of the molecule is O=C(COC(=O)c1cccc(S(=O)(=O)NCc2ccccc2)c1)Nc1ccc(I)cc1. The van der Waals surface area contributed by atoms with Crippen LogP contribution in [0.3, 0.4) is 0 Å². The van der Waals surface area contributed by atoms with Crippen molar-refractivity contribution in [3.05, 3.63) is 93.6 Å². The van der Waals surface area contributed by atoms with E-state index in [1.807, 2.05) is 30.3 Å². The molecule has 0 radical (unpaired) electrons. The Balaban J connectivity index is 1.58. The van der Waals surface area contributed by atoms with Crippen LogP contribution in [0, 0.1) is 3.57 Å². The molecule has 0 aliphatic rings. The van der Waals surface area contributed by atoms with Crippen LogP contribution in [0.2, 0.25) is 0 Å². The number of rotatable bonds is 8. The molecule has 0 saturated heterocycles. The lowest BCUT2D eigenvalue weighted by Gasteiger charge is -2.09. The topological polar surface area (TPSA) is 102 Å². The van der Waals surface area contributed by atoms with Crippen molar-refractivity contribution >= 4 is 50.2 Å². The minimum absolute atomic E-state index is 0.0321. The van der Waals surface area contributed by atoms with E-state index in [9.17, 15) is 18.0 Å². The van der Waals surface area contributed by atoms with Gasteiger partial charge in [0.1, 0.15) is 0 Å². The van der Waals surface area contributed by atoms with Crippen molar-refractivity contribution in [1.29, 1.82) is 0 Å². The van der Waals surface area contributed by atoms with Gasteiger partial charge in [-0.05, 0) is 70.6 Å². The summed E-state index contributed by atoms with van der Waals surface area (Å²) >= 11 is 2.15. The Morgan fingerprint density at radius 1 is 0.903 bits per heavy atom. The molecular formula is C22H19IN2O5S. The number of amides is 1. The second-order valence-corrected chi connectivity index (χ2v) is 9.48. The van der Waals surface area contributed by atoms with Crippen LogP contribution in [0.1, 0.15) is 15.9 Å². The van der Waals surface area contributed by atoms with Crippen LogP contribution >= 0.6 is 22.6 Å². The van der Waals surface area contributed by atoms with Gasteiger partial charge in [0, 0.05) is 15.8 Å². The molecule has 160 valence electrons. The van der Waals surface area contributed by atoms with Crippen molar-refractivity contribution in [3.63, 3.8) is 0 Å². The fraction of sp³-hybridized carbons (Fsp3) is 0.0909.